The van der Waals surface area contributed by atoms with Crippen LogP contribution in [-0.2, 0) is 0 Å². The Morgan fingerprint density at radius 1 is 1.38 bits per heavy atom. The van der Waals surface area contributed by atoms with Gasteiger partial charge in [0.2, 0.25) is 0 Å². The van der Waals surface area contributed by atoms with Gasteiger partial charge in [0.15, 0.2) is 0 Å². The molecule has 0 aliphatic heterocycles. The van der Waals surface area contributed by atoms with E-state index in [0.717, 1.165) is 17.9 Å². The molecule has 0 saturated carbocycles. The van der Waals surface area contributed by atoms with Gasteiger partial charge in [0.05, 0.1) is 0 Å². The fourth-order valence-corrected chi connectivity index (χ4v) is 0.963. The predicted molar refractivity (Wildman–Crippen MR) is 60.8 cm³/mol. The Morgan fingerprint density at radius 3 is 2.62 bits per heavy atom. The Kier molecular flexibility index (Phi) is 7.76. The van der Waals surface area contributed by atoms with E-state index in [1.165, 1.54) is 5.57 Å². The third-order valence-corrected chi connectivity index (χ3v) is 2.12. The summed E-state index contributed by atoms with van der Waals surface area (Å²) in [5.41, 5.74) is 6.66. The first kappa shape index (κ1) is 12.5. The number of hydrogen-bond donors (Lipinski definition) is 1. The molecule has 0 atom stereocenters. The molecule has 0 radical (unpaired) electrons. The Labute approximate surface area is 86.0 Å². The van der Waals surface area contributed by atoms with Crippen LogP contribution in [0, 0.1) is 0 Å². The fraction of sp³-hybridized carbons (Fsp3) is 0.455. The van der Waals surface area contributed by atoms with Gasteiger partial charge >= 0.3 is 0 Å². The minimum Gasteiger partial charge on any atom is -0.327 e. The third-order valence-electron chi connectivity index (χ3n) is 1.80. The molecule has 0 heterocycles. The summed E-state index contributed by atoms with van der Waals surface area (Å²) in [6.07, 6.45) is 9.73. The first-order chi connectivity index (χ1) is 6.20. The summed E-state index contributed by atoms with van der Waals surface area (Å²) in [7, 11) is 0. The van der Waals surface area contributed by atoms with Crippen molar-refractivity contribution in [2.45, 2.75) is 26.7 Å². The Bertz CT molecular complexity index is 214. The van der Waals surface area contributed by atoms with Crippen molar-refractivity contribution in [3.63, 3.8) is 0 Å². The highest BCUT2D eigenvalue weighted by atomic mass is 35.5. The average molecular weight is 200 g/mol. The molecule has 0 fully saturated rings. The molecule has 1 nitrogen and oxygen atoms in total. The van der Waals surface area contributed by atoms with Crippen LogP contribution in [0.4, 0.5) is 0 Å². The molecule has 0 aliphatic rings. The van der Waals surface area contributed by atoms with Crippen molar-refractivity contribution in [2.24, 2.45) is 5.73 Å². The van der Waals surface area contributed by atoms with Crippen molar-refractivity contribution in [1.29, 1.82) is 0 Å². The smallest absolute Gasteiger partial charge is 0.0184 e. The number of rotatable bonds is 5. The van der Waals surface area contributed by atoms with E-state index in [0.29, 0.717) is 6.54 Å². The zero-order chi connectivity index (χ0) is 10.1. The lowest BCUT2D eigenvalue weighted by atomic mass is 10.1. The highest BCUT2D eigenvalue weighted by Gasteiger charge is 1.92. The molecule has 0 bridgehead atoms. The number of hydrogen-bond acceptors (Lipinski definition) is 1. The van der Waals surface area contributed by atoms with Crippen LogP contribution >= 0.6 is 11.6 Å². The molecule has 0 aromatic rings. The van der Waals surface area contributed by atoms with E-state index in [-0.39, 0.29) is 0 Å². The van der Waals surface area contributed by atoms with E-state index in [9.17, 15) is 0 Å². The van der Waals surface area contributed by atoms with Gasteiger partial charge in [-0.2, -0.15) is 0 Å². The molecule has 0 rings (SSSR count). The first-order valence-electron chi connectivity index (χ1n) is 4.53. The molecular formula is C11H18ClN. The standard InChI is InChI=1S/C11H18ClN/c1-3-10(2)7-8-11(12)6-4-5-9-13/h3-6H,7-9,13H2,1-2H3/b5-4+,10-3+,11-6+. The maximum Gasteiger partial charge on any atom is 0.0184 e. The predicted octanol–water partition coefficient (Wildman–Crippen LogP) is 3.37. The maximum absolute atomic E-state index is 5.96. The summed E-state index contributed by atoms with van der Waals surface area (Å²) in [4.78, 5) is 0. The summed E-state index contributed by atoms with van der Waals surface area (Å²) >= 11 is 5.96. The van der Waals surface area contributed by atoms with Crippen LogP contribution in [0.25, 0.3) is 0 Å². The molecule has 0 saturated heterocycles. The van der Waals surface area contributed by atoms with Gasteiger partial charge in [0, 0.05) is 11.6 Å². The maximum atomic E-state index is 5.96. The summed E-state index contributed by atoms with van der Waals surface area (Å²) in [6, 6.07) is 0. The topological polar surface area (TPSA) is 26.0 Å². The quantitative estimate of drug-likeness (QED) is 0.533. The van der Waals surface area contributed by atoms with Gasteiger partial charge in [-0.25, -0.2) is 0 Å². The van der Waals surface area contributed by atoms with Gasteiger partial charge in [-0.1, -0.05) is 35.4 Å². The van der Waals surface area contributed by atoms with Crippen LogP contribution in [0.15, 0.2) is 34.9 Å². The first-order valence-corrected chi connectivity index (χ1v) is 4.91. The van der Waals surface area contributed by atoms with E-state index >= 15 is 0 Å². The summed E-state index contributed by atoms with van der Waals surface area (Å²) in [6.45, 7) is 4.72. The van der Waals surface area contributed by atoms with Crippen LogP contribution in [0.5, 0.6) is 0 Å². The van der Waals surface area contributed by atoms with E-state index in [4.69, 9.17) is 17.3 Å². The van der Waals surface area contributed by atoms with Gasteiger partial charge in [-0.3, -0.25) is 0 Å². The lowest BCUT2D eigenvalue weighted by Gasteiger charge is -1.98. The molecule has 0 spiro atoms. The van der Waals surface area contributed by atoms with E-state index in [1.807, 2.05) is 25.2 Å². The van der Waals surface area contributed by atoms with E-state index in [1.54, 1.807) is 0 Å². The van der Waals surface area contributed by atoms with Gasteiger partial charge < -0.3 is 5.73 Å². The monoisotopic (exact) mass is 199 g/mol. The van der Waals surface area contributed by atoms with Crippen LogP contribution in [0.1, 0.15) is 26.7 Å². The molecule has 0 unspecified atom stereocenters. The minimum atomic E-state index is 0.564. The lowest BCUT2D eigenvalue weighted by Crippen LogP contribution is -1.91. The number of allylic oxidation sites excluding steroid dienone is 5. The molecule has 13 heavy (non-hydrogen) atoms. The Hall–Kier alpha value is -0.530. The second-order valence-electron chi connectivity index (χ2n) is 2.91. The minimum absolute atomic E-state index is 0.564. The van der Waals surface area contributed by atoms with Gasteiger partial charge in [0.1, 0.15) is 0 Å². The Balaban J connectivity index is 3.80. The number of halogens is 1. The van der Waals surface area contributed by atoms with E-state index in [2.05, 4.69) is 13.0 Å². The summed E-state index contributed by atoms with van der Waals surface area (Å²) in [5.74, 6) is 0. The molecule has 0 amide bonds. The molecule has 0 aromatic carbocycles. The molecular weight excluding hydrogens is 182 g/mol. The lowest BCUT2D eigenvalue weighted by molar-refractivity contribution is 0.960. The molecule has 0 aliphatic carbocycles. The zero-order valence-electron chi connectivity index (χ0n) is 8.39. The molecule has 2 heteroatoms. The van der Waals surface area contributed by atoms with Crippen molar-refractivity contribution >= 4 is 11.6 Å². The van der Waals surface area contributed by atoms with Gasteiger partial charge in [-0.05, 0) is 32.8 Å². The fourth-order valence-electron chi connectivity index (χ4n) is 0.795. The summed E-state index contributed by atoms with van der Waals surface area (Å²) in [5, 5.41) is 0.880. The molecule has 0 aromatic heterocycles. The third kappa shape index (κ3) is 7.82. The van der Waals surface area contributed by atoms with Crippen molar-refractivity contribution in [2.75, 3.05) is 6.54 Å². The van der Waals surface area contributed by atoms with Gasteiger partial charge in [0.25, 0.3) is 0 Å². The number of nitrogens with two attached hydrogens (primary N) is 1. The second-order valence-corrected chi connectivity index (χ2v) is 3.40. The molecule has 2 N–H and O–H groups in total. The summed E-state index contributed by atoms with van der Waals surface area (Å²) < 4.78 is 0. The second kappa shape index (κ2) is 8.09. The normalized spacial score (nSPS) is 14.2. The van der Waals surface area contributed by atoms with Crippen LogP contribution < -0.4 is 5.73 Å². The van der Waals surface area contributed by atoms with Crippen LogP contribution in [-0.4, -0.2) is 6.54 Å². The van der Waals surface area contributed by atoms with Crippen molar-refractivity contribution in [1.82, 2.24) is 0 Å². The SMILES string of the molecule is C/C=C(\C)CC/C(Cl)=C\C=C\CN. The highest BCUT2D eigenvalue weighted by Crippen LogP contribution is 2.14. The molecule has 74 valence electrons. The van der Waals surface area contributed by atoms with Crippen molar-refractivity contribution in [3.05, 3.63) is 34.9 Å². The van der Waals surface area contributed by atoms with Crippen LogP contribution in [0.2, 0.25) is 0 Å². The highest BCUT2D eigenvalue weighted by molar-refractivity contribution is 6.29. The van der Waals surface area contributed by atoms with Crippen molar-refractivity contribution in [3.8, 4) is 0 Å². The Morgan fingerprint density at radius 2 is 2.08 bits per heavy atom. The van der Waals surface area contributed by atoms with Crippen LogP contribution in [0.3, 0.4) is 0 Å². The average Bonchev–Trinajstić information content (AvgIpc) is 2.14. The largest absolute Gasteiger partial charge is 0.327 e. The zero-order valence-corrected chi connectivity index (χ0v) is 9.14. The van der Waals surface area contributed by atoms with Gasteiger partial charge in [-0.15, -0.1) is 0 Å². The van der Waals surface area contributed by atoms with E-state index < -0.39 is 0 Å². The van der Waals surface area contributed by atoms with Crippen molar-refractivity contribution < 1.29 is 0 Å².